The van der Waals surface area contributed by atoms with Gasteiger partial charge in [0, 0.05) is 32.0 Å². The second-order valence-electron chi connectivity index (χ2n) is 6.84. The minimum Gasteiger partial charge on any atom is -0.339 e. The van der Waals surface area contributed by atoms with E-state index >= 15 is 0 Å². The Morgan fingerprint density at radius 2 is 1.82 bits per heavy atom. The fourth-order valence-electron chi connectivity index (χ4n) is 3.37. The van der Waals surface area contributed by atoms with Gasteiger partial charge >= 0.3 is 0 Å². The molecule has 2 heterocycles. The minimum atomic E-state index is 0. The Hall–Kier alpha value is -1.82. The molecular formula is C21H30Cl2N4O. The molecule has 0 radical (unpaired) electrons. The summed E-state index contributed by atoms with van der Waals surface area (Å²) in [5.74, 6) is 1.60. The summed E-state index contributed by atoms with van der Waals surface area (Å²) in [6.45, 7) is 5.86. The summed E-state index contributed by atoms with van der Waals surface area (Å²) < 4.78 is 0. The van der Waals surface area contributed by atoms with Gasteiger partial charge in [0.2, 0.25) is 0 Å². The molecule has 0 saturated carbocycles. The van der Waals surface area contributed by atoms with E-state index < -0.39 is 0 Å². The predicted molar refractivity (Wildman–Crippen MR) is 120 cm³/mol. The van der Waals surface area contributed by atoms with Crippen LogP contribution in [0.25, 0.3) is 0 Å². The van der Waals surface area contributed by atoms with Crippen LogP contribution in [0.2, 0.25) is 0 Å². The second kappa shape index (κ2) is 11.9. The van der Waals surface area contributed by atoms with E-state index in [0.29, 0.717) is 11.5 Å². The number of aromatic nitrogens is 1. The maximum Gasteiger partial charge on any atom is 0.255 e. The van der Waals surface area contributed by atoms with Crippen molar-refractivity contribution in [2.45, 2.75) is 19.8 Å². The summed E-state index contributed by atoms with van der Waals surface area (Å²) in [5, 5.41) is 3.41. The third kappa shape index (κ3) is 6.09. The van der Waals surface area contributed by atoms with E-state index in [1.165, 1.54) is 0 Å². The zero-order valence-electron chi connectivity index (χ0n) is 16.5. The third-order valence-electron chi connectivity index (χ3n) is 5.07. The van der Waals surface area contributed by atoms with Crippen LogP contribution in [-0.2, 0) is 0 Å². The fraction of sp³-hybridized carbons (Fsp3) is 0.429. The van der Waals surface area contributed by atoms with E-state index in [4.69, 9.17) is 0 Å². The number of hydrogen-bond acceptors (Lipinski definition) is 4. The number of benzene rings is 1. The topological polar surface area (TPSA) is 48.5 Å². The summed E-state index contributed by atoms with van der Waals surface area (Å²) in [5.41, 5.74) is 1.74. The fourth-order valence-corrected chi connectivity index (χ4v) is 3.37. The van der Waals surface area contributed by atoms with Crippen molar-refractivity contribution in [3.63, 3.8) is 0 Å². The number of hydrogen-bond donors (Lipinski definition) is 1. The highest BCUT2D eigenvalue weighted by Gasteiger charge is 2.23. The number of halogens is 2. The number of pyridine rings is 1. The van der Waals surface area contributed by atoms with Crippen LogP contribution in [0.5, 0.6) is 0 Å². The lowest BCUT2D eigenvalue weighted by atomic mass is 9.96. The van der Waals surface area contributed by atoms with Crippen molar-refractivity contribution in [3.05, 3.63) is 54.2 Å². The molecule has 1 fully saturated rings. The molecule has 7 heteroatoms. The van der Waals surface area contributed by atoms with Crippen LogP contribution in [0.4, 0.5) is 11.5 Å². The summed E-state index contributed by atoms with van der Waals surface area (Å²) >= 11 is 0. The molecular weight excluding hydrogens is 395 g/mol. The van der Waals surface area contributed by atoms with Crippen LogP contribution in [0.3, 0.4) is 0 Å². The summed E-state index contributed by atoms with van der Waals surface area (Å²) in [7, 11) is 1.98. The number of nitrogens with one attached hydrogen (secondary N) is 1. The molecule has 1 N–H and O–H groups in total. The first kappa shape index (κ1) is 24.2. The number of nitrogens with zero attached hydrogens (tertiary/aromatic N) is 3. The van der Waals surface area contributed by atoms with Gasteiger partial charge in [-0.3, -0.25) is 4.79 Å². The average molecular weight is 425 g/mol. The van der Waals surface area contributed by atoms with Gasteiger partial charge in [0.15, 0.2) is 0 Å². The molecule has 2 aromatic rings. The maximum absolute atomic E-state index is 12.7. The Balaban J connectivity index is 0.00000196. The highest BCUT2D eigenvalue weighted by molar-refractivity contribution is 5.94. The van der Waals surface area contributed by atoms with Crippen LogP contribution in [-0.4, -0.2) is 49.0 Å². The monoisotopic (exact) mass is 424 g/mol. The van der Waals surface area contributed by atoms with Gasteiger partial charge in [-0.2, -0.15) is 0 Å². The van der Waals surface area contributed by atoms with E-state index in [2.05, 4.69) is 17.2 Å². The molecule has 3 rings (SSSR count). The number of rotatable bonds is 6. The van der Waals surface area contributed by atoms with Crippen LogP contribution in [0, 0.1) is 5.92 Å². The molecule has 0 unspecified atom stereocenters. The van der Waals surface area contributed by atoms with Crippen molar-refractivity contribution in [2.75, 3.05) is 38.1 Å². The standard InChI is InChI=1S/C21H28N4O.2ClH/c1-3-22-15-17-11-13-25(14-12-17)21(26)18-9-10-20(23-16-18)24(2)19-7-5-4-6-8-19;;/h4-10,16-17,22H,3,11-15H2,1-2H3;2*1H. The molecule has 28 heavy (non-hydrogen) atoms. The molecule has 1 aliphatic rings. The largest absolute Gasteiger partial charge is 0.339 e. The van der Waals surface area contributed by atoms with Gasteiger partial charge in [-0.05, 0) is 56.1 Å². The Morgan fingerprint density at radius 3 is 2.39 bits per heavy atom. The Labute approximate surface area is 180 Å². The molecule has 1 amide bonds. The first-order chi connectivity index (χ1) is 12.7. The van der Waals surface area contributed by atoms with Gasteiger partial charge < -0.3 is 15.1 Å². The van der Waals surface area contributed by atoms with Gasteiger partial charge in [-0.1, -0.05) is 25.1 Å². The zero-order chi connectivity index (χ0) is 18.4. The molecule has 1 aromatic carbocycles. The first-order valence-electron chi connectivity index (χ1n) is 9.44. The quantitative estimate of drug-likeness (QED) is 0.755. The van der Waals surface area contributed by atoms with Crippen LogP contribution in [0.15, 0.2) is 48.7 Å². The Morgan fingerprint density at radius 1 is 1.14 bits per heavy atom. The van der Waals surface area contributed by atoms with E-state index in [0.717, 1.165) is 50.5 Å². The molecule has 0 aliphatic carbocycles. The lowest BCUT2D eigenvalue weighted by Crippen LogP contribution is -2.40. The number of carbonyl (C=O) groups excluding carboxylic acids is 1. The number of amides is 1. The Kier molecular flexibility index (Phi) is 10.3. The predicted octanol–water partition coefficient (Wildman–Crippen LogP) is 4.15. The summed E-state index contributed by atoms with van der Waals surface area (Å²) in [6, 6.07) is 13.9. The number of piperidine rings is 1. The minimum absolute atomic E-state index is 0. The summed E-state index contributed by atoms with van der Waals surface area (Å²) in [4.78, 5) is 21.2. The second-order valence-corrected chi connectivity index (χ2v) is 6.84. The SMILES string of the molecule is CCNCC1CCN(C(=O)c2ccc(N(C)c3ccccc3)nc2)CC1.Cl.Cl. The Bertz CT molecular complexity index is 704. The molecule has 1 saturated heterocycles. The highest BCUT2D eigenvalue weighted by atomic mass is 35.5. The van der Waals surface area contributed by atoms with Gasteiger partial charge in [0.05, 0.1) is 5.56 Å². The van der Waals surface area contributed by atoms with Crippen molar-refractivity contribution in [1.29, 1.82) is 0 Å². The number of likely N-dealkylation sites (tertiary alicyclic amines) is 1. The van der Waals surface area contributed by atoms with Crippen molar-refractivity contribution in [1.82, 2.24) is 15.2 Å². The van der Waals surface area contributed by atoms with Crippen molar-refractivity contribution in [2.24, 2.45) is 5.92 Å². The van der Waals surface area contributed by atoms with E-state index in [9.17, 15) is 4.79 Å². The van der Waals surface area contributed by atoms with Gasteiger partial charge in [0.1, 0.15) is 5.82 Å². The van der Waals surface area contributed by atoms with Gasteiger partial charge in [-0.15, -0.1) is 24.8 Å². The highest BCUT2D eigenvalue weighted by Crippen LogP contribution is 2.22. The van der Waals surface area contributed by atoms with Crippen molar-refractivity contribution >= 4 is 42.2 Å². The normalized spacial score (nSPS) is 14.0. The molecule has 5 nitrogen and oxygen atoms in total. The molecule has 1 aromatic heterocycles. The third-order valence-corrected chi connectivity index (χ3v) is 5.07. The number of anilines is 2. The zero-order valence-corrected chi connectivity index (χ0v) is 18.1. The first-order valence-corrected chi connectivity index (χ1v) is 9.44. The molecule has 154 valence electrons. The summed E-state index contributed by atoms with van der Waals surface area (Å²) in [6.07, 6.45) is 3.84. The smallest absolute Gasteiger partial charge is 0.255 e. The van der Waals surface area contributed by atoms with Crippen LogP contribution >= 0.6 is 24.8 Å². The van der Waals surface area contributed by atoms with Gasteiger partial charge in [0.25, 0.3) is 5.91 Å². The molecule has 0 bridgehead atoms. The van der Waals surface area contributed by atoms with E-state index in [-0.39, 0.29) is 30.7 Å². The van der Waals surface area contributed by atoms with E-state index in [1.54, 1.807) is 6.20 Å². The average Bonchev–Trinajstić information content (AvgIpc) is 2.72. The lowest BCUT2D eigenvalue weighted by molar-refractivity contribution is 0.0690. The van der Waals surface area contributed by atoms with E-state index in [1.807, 2.05) is 59.3 Å². The van der Waals surface area contributed by atoms with Crippen LogP contribution < -0.4 is 10.2 Å². The molecule has 1 aliphatic heterocycles. The number of para-hydroxylation sites is 1. The molecule has 0 atom stereocenters. The van der Waals surface area contributed by atoms with Gasteiger partial charge in [-0.25, -0.2) is 4.98 Å². The van der Waals surface area contributed by atoms with Crippen molar-refractivity contribution < 1.29 is 4.79 Å². The molecule has 0 spiro atoms. The van der Waals surface area contributed by atoms with Crippen LogP contribution in [0.1, 0.15) is 30.1 Å². The maximum atomic E-state index is 12.7. The number of carbonyl (C=O) groups is 1. The lowest BCUT2D eigenvalue weighted by Gasteiger charge is -2.32. The van der Waals surface area contributed by atoms with Crippen molar-refractivity contribution in [3.8, 4) is 0 Å².